The molecule has 1 heterocycles. The van der Waals surface area contributed by atoms with Crippen LogP contribution in [0.15, 0.2) is 23.9 Å². The van der Waals surface area contributed by atoms with Crippen molar-refractivity contribution in [2.24, 2.45) is 0 Å². The molecule has 21 heavy (non-hydrogen) atoms. The molecule has 2 N–H and O–H groups in total. The normalized spacial score (nSPS) is 17.2. The minimum absolute atomic E-state index is 0.0330. The molecule has 5 nitrogen and oxygen atoms in total. The summed E-state index contributed by atoms with van der Waals surface area (Å²) in [6, 6.07) is 4.19. The second-order valence-corrected chi connectivity index (χ2v) is 5.51. The molecule has 0 aromatic heterocycles. The van der Waals surface area contributed by atoms with Gasteiger partial charge in [0, 0.05) is 11.8 Å². The summed E-state index contributed by atoms with van der Waals surface area (Å²) in [5.41, 5.74) is 4.90. The van der Waals surface area contributed by atoms with Crippen molar-refractivity contribution in [1.29, 1.82) is 0 Å². The molecular formula is C16H18N2O3. The lowest BCUT2D eigenvalue weighted by molar-refractivity contribution is -0.137. The molecule has 0 unspecified atom stereocenters. The van der Waals surface area contributed by atoms with E-state index in [2.05, 4.69) is 11.4 Å². The van der Waals surface area contributed by atoms with Crippen molar-refractivity contribution in [2.45, 2.75) is 26.2 Å². The van der Waals surface area contributed by atoms with Crippen LogP contribution in [0.1, 0.15) is 23.1 Å². The van der Waals surface area contributed by atoms with Crippen molar-refractivity contribution in [2.75, 3.05) is 18.5 Å². The third kappa shape index (κ3) is 2.45. The number of benzene rings is 1. The number of amides is 2. The number of fused-ring (bicyclic) bond motifs is 1. The topological polar surface area (TPSA) is 69.6 Å². The van der Waals surface area contributed by atoms with E-state index in [1.165, 1.54) is 17.2 Å². The summed E-state index contributed by atoms with van der Waals surface area (Å²) in [6.45, 7) is 1.83. The van der Waals surface area contributed by atoms with Gasteiger partial charge >= 0.3 is 0 Å². The highest BCUT2D eigenvalue weighted by Gasteiger charge is 2.31. The molecule has 0 saturated carbocycles. The van der Waals surface area contributed by atoms with Gasteiger partial charge in [-0.2, -0.15) is 0 Å². The van der Waals surface area contributed by atoms with Gasteiger partial charge in [0.2, 0.25) is 0 Å². The first-order valence-corrected chi connectivity index (χ1v) is 7.18. The van der Waals surface area contributed by atoms with Crippen LogP contribution in [0.2, 0.25) is 0 Å². The number of nitrogens with zero attached hydrogens (tertiary/aromatic N) is 1. The Morgan fingerprint density at radius 3 is 2.86 bits per heavy atom. The second-order valence-electron chi connectivity index (χ2n) is 5.51. The predicted molar refractivity (Wildman–Crippen MR) is 78.7 cm³/mol. The zero-order valence-corrected chi connectivity index (χ0v) is 12.0. The average molecular weight is 286 g/mol. The van der Waals surface area contributed by atoms with Crippen LogP contribution < -0.4 is 5.32 Å². The van der Waals surface area contributed by atoms with Gasteiger partial charge < -0.3 is 10.4 Å². The summed E-state index contributed by atoms with van der Waals surface area (Å²) in [5, 5.41) is 12.0. The number of aliphatic hydroxyl groups is 1. The van der Waals surface area contributed by atoms with Crippen LogP contribution in [-0.2, 0) is 22.4 Å². The number of aryl methyl sites for hydroxylation is 2. The van der Waals surface area contributed by atoms with E-state index in [-0.39, 0.29) is 30.7 Å². The largest absolute Gasteiger partial charge is 0.395 e. The summed E-state index contributed by atoms with van der Waals surface area (Å²) in [6.07, 6.45) is 4.49. The van der Waals surface area contributed by atoms with Gasteiger partial charge in [0.25, 0.3) is 11.8 Å². The van der Waals surface area contributed by atoms with Crippen LogP contribution in [-0.4, -0.2) is 35.0 Å². The van der Waals surface area contributed by atoms with Crippen molar-refractivity contribution in [1.82, 2.24) is 4.90 Å². The molecule has 110 valence electrons. The average Bonchev–Trinajstić information content (AvgIpc) is 2.99. The molecule has 0 fully saturated rings. The maximum absolute atomic E-state index is 12.2. The minimum Gasteiger partial charge on any atom is -0.395 e. The summed E-state index contributed by atoms with van der Waals surface area (Å²) in [4.78, 5) is 25.0. The molecule has 5 heteroatoms. The van der Waals surface area contributed by atoms with Crippen LogP contribution in [0.25, 0.3) is 0 Å². The fourth-order valence-corrected chi connectivity index (χ4v) is 3.03. The lowest BCUT2D eigenvalue weighted by Gasteiger charge is -2.15. The van der Waals surface area contributed by atoms with Gasteiger partial charge in [0.1, 0.15) is 5.70 Å². The first kappa shape index (κ1) is 13.8. The molecule has 0 bridgehead atoms. The highest BCUT2D eigenvalue weighted by atomic mass is 16.3. The number of hydrogen-bond donors (Lipinski definition) is 2. The number of rotatable bonds is 4. The second kappa shape index (κ2) is 5.33. The van der Waals surface area contributed by atoms with Crippen LogP contribution in [0.5, 0.6) is 0 Å². The Kier molecular flexibility index (Phi) is 3.51. The summed E-state index contributed by atoms with van der Waals surface area (Å²) in [5.74, 6) is -0.747. The first-order chi connectivity index (χ1) is 10.1. The first-order valence-electron chi connectivity index (χ1n) is 7.18. The zero-order chi connectivity index (χ0) is 15.0. The summed E-state index contributed by atoms with van der Waals surface area (Å²) >= 11 is 0. The van der Waals surface area contributed by atoms with E-state index in [9.17, 15) is 9.59 Å². The third-order valence-corrected chi connectivity index (χ3v) is 3.96. The number of β-amino-alcohol motifs (C(OH)–C–C–N with tert-alkyl or cyclic N) is 1. The lowest BCUT2D eigenvalue weighted by atomic mass is 10.0. The van der Waals surface area contributed by atoms with Gasteiger partial charge in [-0.1, -0.05) is 6.07 Å². The van der Waals surface area contributed by atoms with Crippen LogP contribution in [0, 0.1) is 6.92 Å². The molecule has 1 aliphatic heterocycles. The van der Waals surface area contributed by atoms with E-state index >= 15 is 0 Å². The smallest absolute Gasteiger partial charge is 0.277 e. The van der Waals surface area contributed by atoms with Gasteiger partial charge in [-0.3, -0.25) is 14.5 Å². The number of aliphatic hydroxyl groups excluding tert-OH is 1. The van der Waals surface area contributed by atoms with Gasteiger partial charge in [0.15, 0.2) is 0 Å². The Morgan fingerprint density at radius 2 is 2.10 bits per heavy atom. The molecule has 0 spiro atoms. The molecule has 1 aliphatic carbocycles. The third-order valence-electron chi connectivity index (χ3n) is 3.96. The maximum Gasteiger partial charge on any atom is 0.277 e. The Hall–Kier alpha value is -2.14. The molecule has 1 aromatic rings. The van der Waals surface area contributed by atoms with Crippen LogP contribution in [0.4, 0.5) is 5.69 Å². The van der Waals surface area contributed by atoms with E-state index in [0.29, 0.717) is 0 Å². The molecule has 0 radical (unpaired) electrons. The number of nitrogens with one attached hydrogen (secondary N) is 1. The number of anilines is 1. The van der Waals surface area contributed by atoms with E-state index in [1.54, 1.807) is 0 Å². The Bertz CT molecular complexity index is 649. The Balaban J connectivity index is 1.87. The zero-order valence-electron chi connectivity index (χ0n) is 12.0. The highest BCUT2D eigenvalue weighted by Crippen LogP contribution is 2.31. The molecular weight excluding hydrogens is 268 g/mol. The van der Waals surface area contributed by atoms with E-state index in [1.807, 2.05) is 13.0 Å². The fourth-order valence-electron chi connectivity index (χ4n) is 3.03. The monoisotopic (exact) mass is 286 g/mol. The van der Waals surface area contributed by atoms with Crippen molar-refractivity contribution in [3.05, 3.63) is 40.6 Å². The maximum atomic E-state index is 12.2. The standard InChI is InChI=1S/C16H18N2O3/c1-10-7-11-3-2-4-12(11)13(8-10)17-14-9-15(20)18(5-6-19)16(14)21/h7-9,17,19H,2-6H2,1H3. The summed E-state index contributed by atoms with van der Waals surface area (Å²) in [7, 11) is 0. The Morgan fingerprint density at radius 1 is 1.29 bits per heavy atom. The van der Waals surface area contributed by atoms with Gasteiger partial charge in [-0.15, -0.1) is 0 Å². The molecule has 0 saturated heterocycles. The lowest BCUT2D eigenvalue weighted by Crippen LogP contribution is -2.34. The van der Waals surface area contributed by atoms with Crippen LogP contribution in [0.3, 0.4) is 0 Å². The van der Waals surface area contributed by atoms with Gasteiger partial charge in [-0.25, -0.2) is 0 Å². The van der Waals surface area contributed by atoms with Crippen molar-refractivity contribution < 1.29 is 14.7 Å². The fraction of sp³-hybridized carbons (Fsp3) is 0.375. The highest BCUT2D eigenvalue weighted by molar-refractivity contribution is 6.17. The van der Waals surface area contributed by atoms with Crippen LogP contribution >= 0.6 is 0 Å². The molecule has 1 aromatic carbocycles. The van der Waals surface area contributed by atoms with Crippen molar-refractivity contribution >= 4 is 17.5 Å². The number of imide groups is 1. The number of hydrogen-bond acceptors (Lipinski definition) is 4. The minimum atomic E-state index is -0.374. The van der Waals surface area contributed by atoms with E-state index in [4.69, 9.17) is 5.11 Å². The molecule has 0 atom stereocenters. The quantitative estimate of drug-likeness (QED) is 0.814. The predicted octanol–water partition coefficient (Wildman–Crippen LogP) is 1.14. The van der Waals surface area contributed by atoms with E-state index < -0.39 is 0 Å². The SMILES string of the molecule is Cc1cc2c(c(NC3=CC(=O)N(CCO)C3=O)c1)CCC2. The molecule has 3 rings (SSSR count). The van der Waals surface area contributed by atoms with Gasteiger partial charge in [-0.05, 0) is 48.9 Å². The molecule has 2 aliphatic rings. The summed E-state index contributed by atoms with van der Waals surface area (Å²) < 4.78 is 0. The Labute approximate surface area is 123 Å². The van der Waals surface area contributed by atoms with E-state index in [0.717, 1.165) is 35.4 Å². The molecule has 2 amide bonds. The van der Waals surface area contributed by atoms with Crippen molar-refractivity contribution in [3.63, 3.8) is 0 Å². The number of carbonyl (C=O) groups excluding carboxylic acids is 2. The van der Waals surface area contributed by atoms with Crippen molar-refractivity contribution in [3.8, 4) is 0 Å². The number of carbonyl (C=O) groups is 2. The van der Waals surface area contributed by atoms with Gasteiger partial charge in [0.05, 0.1) is 13.2 Å².